The molecule has 0 aliphatic heterocycles. The van der Waals surface area contributed by atoms with Crippen molar-refractivity contribution in [3.05, 3.63) is 16.7 Å². The highest BCUT2D eigenvalue weighted by atomic mass is 35.5. The Morgan fingerprint density at radius 3 is 2.50 bits per heavy atom. The van der Waals surface area contributed by atoms with Crippen molar-refractivity contribution in [2.75, 3.05) is 11.5 Å². The highest BCUT2D eigenvalue weighted by Gasteiger charge is 2.15. The van der Waals surface area contributed by atoms with Crippen LogP contribution in [0.5, 0.6) is 0 Å². The number of nitrogen functional groups attached to an aromatic ring is 2. The Balaban J connectivity index is 3.28. The van der Waals surface area contributed by atoms with Crippen LogP contribution in [0.2, 0.25) is 5.02 Å². The maximum absolute atomic E-state index is 12.2. The molecule has 0 radical (unpaired) electrons. The lowest BCUT2D eigenvalue weighted by atomic mass is 10.2. The molecule has 0 saturated carbocycles. The monoisotopic (exact) mass is 193 g/mol. The third kappa shape index (κ3) is 1.55. The van der Waals surface area contributed by atoms with Gasteiger partial charge in [-0.2, -0.15) is 0 Å². The molecule has 0 aromatic carbocycles. The number of pyridine rings is 1. The molecule has 0 spiro atoms. The molecule has 0 aliphatic rings. The van der Waals surface area contributed by atoms with E-state index >= 15 is 0 Å². The van der Waals surface area contributed by atoms with Crippen LogP contribution in [0.25, 0.3) is 0 Å². The van der Waals surface area contributed by atoms with Crippen molar-refractivity contribution in [1.82, 2.24) is 4.98 Å². The summed E-state index contributed by atoms with van der Waals surface area (Å²) in [6.07, 6.45) is -2.69. The number of anilines is 2. The summed E-state index contributed by atoms with van der Waals surface area (Å²) in [4.78, 5) is 3.51. The van der Waals surface area contributed by atoms with Gasteiger partial charge in [-0.05, 0) is 6.07 Å². The van der Waals surface area contributed by atoms with Gasteiger partial charge in [0, 0.05) is 5.56 Å². The molecule has 6 heteroatoms. The Hall–Kier alpha value is -1.10. The molecule has 1 aromatic rings. The second-order valence-corrected chi connectivity index (χ2v) is 2.51. The number of hydrogen-bond acceptors (Lipinski definition) is 3. The first-order valence-corrected chi connectivity index (χ1v) is 3.39. The average molecular weight is 194 g/mol. The van der Waals surface area contributed by atoms with Crippen LogP contribution in [0, 0.1) is 0 Å². The van der Waals surface area contributed by atoms with Crippen LogP contribution in [0.1, 0.15) is 12.0 Å². The van der Waals surface area contributed by atoms with Crippen molar-refractivity contribution in [2.24, 2.45) is 0 Å². The number of nitrogens with two attached hydrogens (primary N) is 2. The molecule has 66 valence electrons. The Labute approximate surface area is 72.3 Å². The summed E-state index contributed by atoms with van der Waals surface area (Å²) in [5, 5.41) is -0.237. The Morgan fingerprint density at radius 2 is 2.00 bits per heavy atom. The van der Waals surface area contributed by atoms with Gasteiger partial charge >= 0.3 is 0 Å². The zero-order chi connectivity index (χ0) is 9.30. The molecule has 0 unspecified atom stereocenters. The van der Waals surface area contributed by atoms with E-state index in [0.717, 1.165) is 6.07 Å². The van der Waals surface area contributed by atoms with Gasteiger partial charge in [0.1, 0.15) is 11.6 Å². The lowest BCUT2D eigenvalue weighted by Gasteiger charge is -2.05. The molecule has 0 aliphatic carbocycles. The molecule has 0 atom stereocenters. The van der Waals surface area contributed by atoms with E-state index in [0.29, 0.717) is 0 Å². The maximum atomic E-state index is 12.2. The molecule has 4 N–H and O–H groups in total. The van der Waals surface area contributed by atoms with Gasteiger partial charge in [0.25, 0.3) is 6.43 Å². The van der Waals surface area contributed by atoms with Gasteiger partial charge in [-0.1, -0.05) is 11.6 Å². The molecular weight excluding hydrogens is 188 g/mol. The molecule has 1 rings (SSSR count). The molecule has 1 aromatic heterocycles. The molecule has 12 heavy (non-hydrogen) atoms. The topological polar surface area (TPSA) is 64.9 Å². The molecular formula is C6H6ClF2N3. The summed E-state index contributed by atoms with van der Waals surface area (Å²) in [5.41, 5.74) is 10.00. The Kier molecular flexibility index (Phi) is 2.32. The van der Waals surface area contributed by atoms with Crippen molar-refractivity contribution < 1.29 is 8.78 Å². The number of aromatic nitrogens is 1. The Bertz CT molecular complexity index is 303. The van der Waals surface area contributed by atoms with Crippen molar-refractivity contribution in [1.29, 1.82) is 0 Å². The van der Waals surface area contributed by atoms with Crippen LogP contribution in [-0.4, -0.2) is 4.98 Å². The molecule has 0 bridgehead atoms. The molecule has 0 fully saturated rings. The number of rotatable bonds is 1. The molecule has 0 amide bonds. The zero-order valence-electron chi connectivity index (χ0n) is 5.89. The van der Waals surface area contributed by atoms with Crippen LogP contribution in [-0.2, 0) is 0 Å². The summed E-state index contributed by atoms with van der Waals surface area (Å²) in [7, 11) is 0. The predicted molar refractivity (Wildman–Crippen MR) is 43.0 cm³/mol. The van der Waals surface area contributed by atoms with Crippen LogP contribution < -0.4 is 11.5 Å². The first-order chi connectivity index (χ1) is 5.52. The van der Waals surface area contributed by atoms with E-state index < -0.39 is 6.43 Å². The zero-order valence-corrected chi connectivity index (χ0v) is 6.65. The van der Waals surface area contributed by atoms with Gasteiger partial charge in [-0.15, -0.1) is 0 Å². The fourth-order valence-electron chi connectivity index (χ4n) is 0.750. The van der Waals surface area contributed by atoms with Gasteiger partial charge in [0.2, 0.25) is 0 Å². The van der Waals surface area contributed by atoms with Gasteiger partial charge in [-0.25, -0.2) is 13.8 Å². The molecule has 0 saturated heterocycles. The highest BCUT2D eigenvalue weighted by molar-refractivity contribution is 6.33. The molecule has 1 heterocycles. The largest absolute Gasteiger partial charge is 0.384 e. The smallest absolute Gasteiger partial charge is 0.265 e. The average Bonchev–Trinajstić information content (AvgIpc) is 1.96. The summed E-state index contributed by atoms with van der Waals surface area (Å²) in [5.74, 6) is -0.237. The van der Waals surface area contributed by atoms with E-state index in [1.165, 1.54) is 0 Å². The van der Waals surface area contributed by atoms with Gasteiger partial charge < -0.3 is 11.5 Å². The minimum atomic E-state index is -2.69. The number of hydrogen-bond donors (Lipinski definition) is 2. The second-order valence-electron chi connectivity index (χ2n) is 2.14. The van der Waals surface area contributed by atoms with Crippen LogP contribution in [0.15, 0.2) is 6.07 Å². The number of alkyl halides is 2. The van der Waals surface area contributed by atoms with Crippen LogP contribution in [0.3, 0.4) is 0 Å². The minimum absolute atomic E-state index is 0.0628. The fourth-order valence-corrected chi connectivity index (χ4v) is 0.929. The fraction of sp³-hybridized carbons (Fsp3) is 0.167. The van der Waals surface area contributed by atoms with Gasteiger partial charge in [-0.3, -0.25) is 0 Å². The van der Waals surface area contributed by atoms with E-state index in [2.05, 4.69) is 4.98 Å². The van der Waals surface area contributed by atoms with E-state index in [1.807, 2.05) is 0 Å². The van der Waals surface area contributed by atoms with Gasteiger partial charge in [0.05, 0.1) is 5.02 Å². The quantitative estimate of drug-likeness (QED) is 0.715. The van der Waals surface area contributed by atoms with Crippen molar-refractivity contribution in [2.45, 2.75) is 6.43 Å². The summed E-state index contributed by atoms with van der Waals surface area (Å²) in [6.45, 7) is 0. The lowest BCUT2D eigenvalue weighted by Crippen LogP contribution is -2.00. The summed E-state index contributed by atoms with van der Waals surface area (Å²) in [6, 6.07) is 1.00. The summed E-state index contributed by atoms with van der Waals surface area (Å²) >= 11 is 5.44. The normalized spacial score (nSPS) is 10.7. The first-order valence-electron chi connectivity index (χ1n) is 3.02. The standard InChI is InChI=1S/C6H6ClF2N3/c7-4-2(5(8)9)1-3(10)12-6(4)11/h1,5H,(H4,10,11,12). The van der Waals surface area contributed by atoms with E-state index in [1.54, 1.807) is 0 Å². The van der Waals surface area contributed by atoms with E-state index in [4.69, 9.17) is 23.1 Å². The summed E-state index contributed by atoms with van der Waals surface area (Å²) < 4.78 is 24.3. The molecule has 3 nitrogen and oxygen atoms in total. The highest BCUT2D eigenvalue weighted by Crippen LogP contribution is 2.31. The second kappa shape index (κ2) is 3.10. The van der Waals surface area contributed by atoms with Crippen molar-refractivity contribution >= 4 is 23.2 Å². The lowest BCUT2D eigenvalue weighted by molar-refractivity contribution is 0.151. The SMILES string of the molecule is Nc1cc(C(F)F)c(Cl)c(N)n1. The maximum Gasteiger partial charge on any atom is 0.265 e. The number of halogens is 3. The van der Waals surface area contributed by atoms with E-state index in [-0.39, 0.29) is 22.2 Å². The van der Waals surface area contributed by atoms with E-state index in [9.17, 15) is 8.78 Å². The van der Waals surface area contributed by atoms with Crippen molar-refractivity contribution in [3.8, 4) is 0 Å². The van der Waals surface area contributed by atoms with Crippen LogP contribution in [0.4, 0.5) is 20.4 Å². The number of nitrogens with zero attached hydrogens (tertiary/aromatic N) is 1. The van der Waals surface area contributed by atoms with Crippen molar-refractivity contribution in [3.63, 3.8) is 0 Å². The van der Waals surface area contributed by atoms with Gasteiger partial charge in [0.15, 0.2) is 0 Å². The third-order valence-corrected chi connectivity index (χ3v) is 1.68. The Morgan fingerprint density at radius 1 is 1.42 bits per heavy atom. The predicted octanol–water partition coefficient (Wildman–Crippen LogP) is 1.84. The first kappa shape index (κ1) is 8.99. The van der Waals surface area contributed by atoms with Crippen LogP contribution >= 0.6 is 11.6 Å². The third-order valence-electron chi connectivity index (χ3n) is 1.27. The minimum Gasteiger partial charge on any atom is -0.384 e.